The topological polar surface area (TPSA) is 146 Å². The molecule has 1 aliphatic rings. The molecule has 0 spiro atoms. The van der Waals surface area contributed by atoms with Crippen LogP contribution in [0.1, 0.15) is 98.0 Å². The fourth-order valence-corrected chi connectivity index (χ4v) is 6.94. The highest BCUT2D eigenvalue weighted by Gasteiger charge is 2.48. The number of esters is 3. The van der Waals surface area contributed by atoms with Crippen LogP contribution in [-0.2, 0) is 29.2 Å². The van der Waals surface area contributed by atoms with Crippen LogP contribution in [0.2, 0.25) is 0 Å². The summed E-state index contributed by atoms with van der Waals surface area (Å²) in [6.07, 6.45) is 0.102. The summed E-state index contributed by atoms with van der Waals surface area (Å²) in [6, 6.07) is 7.74. The molecule has 13 nitrogen and oxygen atoms in total. The molecule has 13 heteroatoms. The van der Waals surface area contributed by atoms with E-state index < -0.39 is 43.2 Å². The van der Waals surface area contributed by atoms with Gasteiger partial charge in [-0.25, -0.2) is 23.9 Å². The first-order chi connectivity index (χ1) is 24.1. The van der Waals surface area contributed by atoms with Crippen LogP contribution < -0.4 is 4.74 Å². The molecule has 2 unspecified atom stereocenters. The van der Waals surface area contributed by atoms with Gasteiger partial charge in [0.1, 0.15) is 24.8 Å². The third-order valence-corrected chi connectivity index (χ3v) is 9.96. The van der Waals surface area contributed by atoms with E-state index in [9.17, 15) is 19.2 Å². The summed E-state index contributed by atoms with van der Waals surface area (Å²) in [7, 11) is 2.27. The number of hydrogen-bond donors (Lipinski definition) is 1. The number of nitrogens with one attached hydrogen (secondary N) is 1. The number of carbonyl (C=O) groups excluding carboxylic acids is 4. The number of aromatic amines is 1. The number of rotatable bonds is 8. The van der Waals surface area contributed by atoms with Gasteiger partial charge in [0.25, 0.3) is 5.69 Å². The third-order valence-electron chi connectivity index (χ3n) is 9.96. The summed E-state index contributed by atoms with van der Waals surface area (Å²) in [5, 5.41) is 3.09. The van der Waals surface area contributed by atoms with Crippen molar-refractivity contribution in [3.05, 3.63) is 46.8 Å². The lowest BCUT2D eigenvalue weighted by Gasteiger charge is -2.50. The van der Waals surface area contributed by atoms with Crippen molar-refractivity contribution in [2.24, 2.45) is 28.6 Å². The molecule has 1 amide bonds. The molecule has 0 radical (unpaired) electrons. The van der Waals surface area contributed by atoms with Gasteiger partial charge in [0, 0.05) is 17.4 Å². The quantitative estimate of drug-likeness (QED) is 0.141. The first-order valence-corrected chi connectivity index (χ1v) is 17.5. The minimum atomic E-state index is -1.16. The summed E-state index contributed by atoms with van der Waals surface area (Å²) in [5.41, 5.74) is 0.842. The Kier molecular flexibility index (Phi) is 11.5. The number of H-pyrrole nitrogens is 1. The Morgan fingerprint density at radius 3 is 1.87 bits per heavy atom. The van der Waals surface area contributed by atoms with E-state index in [2.05, 4.69) is 79.2 Å². The molecule has 1 aliphatic carbocycles. The molecule has 1 saturated carbocycles. The largest absolute Gasteiger partial charge is 0.468 e. The Morgan fingerprint density at radius 2 is 1.42 bits per heavy atom. The predicted molar refractivity (Wildman–Crippen MR) is 195 cm³/mol. The van der Waals surface area contributed by atoms with Crippen LogP contribution in [0.3, 0.4) is 0 Å². The second-order valence-corrected chi connectivity index (χ2v) is 17.0. The molecule has 1 aromatic carbocycles. The van der Waals surface area contributed by atoms with E-state index in [1.807, 2.05) is 24.3 Å². The van der Waals surface area contributed by atoms with Crippen molar-refractivity contribution in [1.29, 1.82) is 0 Å². The Balaban J connectivity index is 1.88. The SMILES string of the molecule is [C-]#[N+]c1c(C(=O)OC2C(C(C)(C)C)CC(C)CC2C(C)(C)C)c2nc(-c3ccc(C(C)(C)C)cc3)[nH]n2c1OC(=O)N(CC(=O)OC)CC(=O)OC. The number of methoxy groups -OCH3 is 2. The van der Waals surface area contributed by atoms with Gasteiger partial charge in [-0.2, -0.15) is 0 Å². The molecule has 0 aliphatic heterocycles. The highest BCUT2D eigenvalue weighted by molar-refractivity contribution is 6.05. The van der Waals surface area contributed by atoms with Gasteiger partial charge < -0.3 is 18.9 Å². The lowest BCUT2D eigenvalue weighted by atomic mass is 9.59. The molecule has 2 heterocycles. The maximum absolute atomic E-state index is 14.5. The van der Waals surface area contributed by atoms with Gasteiger partial charge in [0.05, 0.1) is 20.8 Å². The van der Waals surface area contributed by atoms with E-state index in [-0.39, 0.29) is 50.9 Å². The zero-order valence-corrected chi connectivity index (χ0v) is 32.5. The third kappa shape index (κ3) is 8.60. The minimum Gasteiger partial charge on any atom is -0.468 e. The fourth-order valence-electron chi connectivity index (χ4n) is 6.94. The number of aromatic nitrogens is 3. The molecule has 4 rings (SSSR count). The molecular weight excluding hydrogens is 666 g/mol. The zero-order chi connectivity index (χ0) is 38.9. The molecule has 52 heavy (non-hydrogen) atoms. The first kappa shape index (κ1) is 39.9. The highest BCUT2D eigenvalue weighted by atomic mass is 16.6. The molecule has 2 atom stereocenters. The molecule has 1 fully saturated rings. The monoisotopic (exact) mass is 719 g/mol. The number of ether oxygens (including phenoxy) is 4. The first-order valence-electron chi connectivity index (χ1n) is 17.5. The number of carbonyl (C=O) groups is 4. The zero-order valence-electron chi connectivity index (χ0n) is 32.5. The second-order valence-electron chi connectivity index (χ2n) is 17.0. The highest BCUT2D eigenvalue weighted by Crippen LogP contribution is 2.50. The maximum atomic E-state index is 14.5. The Bertz CT molecular complexity index is 1800. The molecule has 1 N–H and O–H groups in total. The Labute approximate surface area is 306 Å². The van der Waals surface area contributed by atoms with Crippen LogP contribution in [0.4, 0.5) is 10.5 Å². The average Bonchev–Trinajstić information content (AvgIpc) is 3.60. The normalized spacial score (nSPS) is 19.4. The maximum Gasteiger partial charge on any atom is 0.416 e. The van der Waals surface area contributed by atoms with Crippen molar-refractivity contribution in [1.82, 2.24) is 19.5 Å². The smallest absolute Gasteiger partial charge is 0.416 e. The van der Waals surface area contributed by atoms with E-state index >= 15 is 0 Å². The van der Waals surface area contributed by atoms with E-state index in [0.717, 1.165) is 37.5 Å². The average molecular weight is 720 g/mol. The molecular formula is C39H53N5O8. The van der Waals surface area contributed by atoms with Crippen molar-refractivity contribution in [2.45, 2.75) is 93.6 Å². The molecule has 2 aromatic heterocycles. The summed E-state index contributed by atoms with van der Waals surface area (Å²) in [6.45, 7) is 28.3. The summed E-state index contributed by atoms with van der Waals surface area (Å²) in [4.78, 5) is 61.6. The van der Waals surface area contributed by atoms with Crippen LogP contribution in [0, 0.1) is 35.2 Å². The van der Waals surface area contributed by atoms with E-state index in [0.29, 0.717) is 17.3 Å². The van der Waals surface area contributed by atoms with Crippen LogP contribution in [0.5, 0.6) is 5.88 Å². The second kappa shape index (κ2) is 15.0. The number of benzene rings is 1. The van der Waals surface area contributed by atoms with Crippen molar-refractivity contribution < 1.29 is 38.1 Å². The van der Waals surface area contributed by atoms with Gasteiger partial charge in [-0.05, 0) is 40.6 Å². The molecule has 3 aromatic rings. The lowest BCUT2D eigenvalue weighted by molar-refractivity contribution is -0.144. The summed E-state index contributed by atoms with van der Waals surface area (Å²) < 4.78 is 22.9. The minimum absolute atomic E-state index is 0.0185. The van der Waals surface area contributed by atoms with E-state index in [4.69, 9.17) is 30.5 Å². The van der Waals surface area contributed by atoms with Crippen LogP contribution in [0.25, 0.3) is 21.9 Å². The van der Waals surface area contributed by atoms with Gasteiger partial charge in [0.15, 0.2) is 11.5 Å². The fraction of sp³-hybridized carbons (Fsp3) is 0.590. The lowest BCUT2D eigenvalue weighted by Crippen LogP contribution is -2.49. The van der Waals surface area contributed by atoms with Crippen molar-refractivity contribution in [2.75, 3.05) is 27.3 Å². The Morgan fingerprint density at radius 1 is 0.904 bits per heavy atom. The van der Waals surface area contributed by atoms with Gasteiger partial charge >= 0.3 is 24.0 Å². The van der Waals surface area contributed by atoms with Gasteiger partial charge in [0.2, 0.25) is 5.88 Å². The van der Waals surface area contributed by atoms with Crippen molar-refractivity contribution in [3.63, 3.8) is 0 Å². The van der Waals surface area contributed by atoms with Crippen molar-refractivity contribution >= 4 is 35.3 Å². The van der Waals surface area contributed by atoms with E-state index in [1.165, 1.54) is 4.52 Å². The number of amides is 1. The van der Waals surface area contributed by atoms with Crippen LogP contribution in [0.15, 0.2) is 24.3 Å². The molecule has 0 saturated heterocycles. The molecule has 0 bridgehead atoms. The summed E-state index contributed by atoms with van der Waals surface area (Å²) in [5.74, 6) is -1.95. The number of fused-ring (bicyclic) bond motifs is 1. The molecule has 282 valence electrons. The van der Waals surface area contributed by atoms with Gasteiger partial charge in [-0.15, -0.1) is 0 Å². The number of nitrogens with zero attached hydrogens (tertiary/aromatic N) is 4. The van der Waals surface area contributed by atoms with E-state index in [1.54, 1.807) is 0 Å². The van der Waals surface area contributed by atoms with Crippen molar-refractivity contribution in [3.8, 4) is 17.3 Å². The van der Waals surface area contributed by atoms with Gasteiger partial charge in [-0.3, -0.25) is 19.6 Å². The standard InChI is InChI=1S/C39H53N5O8/c1-22-18-25(38(5,6)7)31(26(19-22)39(8,9)10)51-35(47)29-30(40-11)34(52-36(48)43(20-27(45)49-12)21-28(46)50-13)44-33(29)41-32(42-44)23-14-16-24(17-15-23)37(2,3)4/h14-17,22,25-26,31H,18-21H2,1-10,12-13H3,(H,41,42). The van der Waals surface area contributed by atoms with Crippen LogP contribution >= 0.6 is 0 Å². The van der Waals surface area contributed by atoms with Crippen LogP contribution in [-0.4, -0.2) is 76.9 Å². The Hall–Kier alpha value is -4.86. The number of hydrogen-bond acceptors (Lipinski definition) is 9. The predicted octanol–water partition coefficient (Wildman–Crippen LogP) is 7.60. The summed E-state index contributed by atoms with van der Waals surface area (Å²) >= 11 is 0. The van der Waals surface area contributed by atoms with Gasteiger partial charge in [-0.1, -0.05) is 93.5 Å².